The van der Waals surface area contributed by atoms with Gasteiger partial charge < -0.3 is 9.73 Å². The summed E-state index contributed by atoms with van der Waals surface area (Å²) in [5, 5.41) is 12.0. The van der Waals surface area contributed by atoms with E-state index in [9.17, 15) is 18.5 Å². The number of anilines is 1. The maximum atomic E-state index is 12.4. The van der Waals surface area contributed by atoms with Crippen molar-refractivity contribution in [3.8, 4) is 6.07 Å². The van der Waals surface area contributed by atoms with Crippen LogP contribution in [0, 0.1) is 25.2 Å². The average molecular weight is 436 g/mol. The molecule has 0 atom stereocenters. The molecule has 0 aliphatic carbocycles. The number of amides is 1. The number of rotatable bonds is 7. The van der Waals surface area contributed by atoms with E-state index < -0.39 is 15.9 Å². The lowest BCUT2D eigenvalue weighted by molar-refractivity contribution is -0.112. The van der Waals surface area contributed by atoms with Gasteiger partial charge in [-0.2, -0.15) is 5.26 Å². The first kappa shape index (κ1) is 22.0. The largest absolute Gasteiger partial charge is 0.460 e. The molecule has 1 aromatic heterocycles. The molecule has 158 valence electrons. The van der Waals surface area contributed by atoms with Gasteiger partial charge >= 0.3 is 0 Å². The summed E-state index contributed by atoms with van der Waals surface area (Å²) >= 11 is 0. The second-order valence-corrected chi connectivity index (χ2v) is 8.70. The number of nitrogens with one attached hydrogen (secondary N) is 2. The fourth-order valence-corrected chi connectivity index (χ4v) is 3.65. The van der Waals surface area contributed by atoms with E-state index in [4.69, 9.17) is 4.42 Å². The zero-order valence-electron chi connectivity index (χ0n) is 17.0. The Labute approximate surface area is 181 Å². The van der Waals surface area contributed by atoms with Crippen LogP contribution in [0.15, 0.2) is 75.5 Å². The smallest absolute Gasteiger partial charge is 0.266 e. The summed E-state index contributed by atoms with van der Waals surface area (Å²) in [4.78, 5) is 12.5. The molecule has 0 spiro atoms. The van der Waals surface area contributed by atoms with Gasteiger partial charge in [-0.3, -0.25) is 4.79 Å². The van der Waals surface area contributed by atoms with Crippen molar-refractivity contribution < 1.29 is 17.6 Å². The van der Waals surface area contributed by atoms with Crippen LogP contribution in [0.25, 0.3) is 6.08 Å². The highest BCUT2D eigenvalue weighted by Gasteiger charge is 2.15. The Morgan fingerprint density at radius 2 is 1.61 bits per heavy atom. The Balaban J connectivity index is 1.66. The first-order chi connectivity index (χ1) is 14.8. The number of hydrogen-bond donors (Lipinski definition) is 2. The second-order valence-electron chi connectivity index (χ2n) is 6.93. The fraction of sp³-hybridized carbons (Fsp3) is 0.130. The number of nitriles is 1. The Morgan fingerprint density at radius 3 is 2.23 bits per heavy atom. The molecule has 7 nitrogen and oxygen atoms in total. The number of furan rings is 1. The third kappa shape index (κ3) is 5.92. The summed E-state index contributed by atoms with van der Waals surface area (Å²) in [6.07, 6.45) is 1.31. The van der Waals surface area contributed by atoms with Crippen molar-refractivity contribution in [2.75, 3.05) is 5.32 Å². The van der Waals surface area contributed by atoms with Crippen LogP contribution in [0.3, 0.4) is 0 Å². The molecule has 31 heavy (non-hydrogen) atoms. The van der Waals surface area contributed by atoms with Gasteiger partial charge in [-0.25, -0.2) is 13.1 Å². The number of carbonyl (C=O) groups excluding carboxylic acids is 1. The number of benzene rings is 2. The van der Waals surface area contributed by atoms with Gasteiger partial charge in [0.25, 0.3) is 5.91 Å². The monoisotopic (exact) mass is 435 g/mol. The average Bonchev–Trinajstić information content (AvgIpc) is 3.20. The van der Waals surface area contributed by atoms with Gasteiger partial charge in [0.05, 0.1) is 11.4 Å². The zero-order valence-corrected chi connectivity index (χ0v) is 17.9. The molecule has 0 radical (unpaired) electrons. The molecule has 0 bridgehead atoms. The van der Waals surface area contributed by atoms with Crippen molar-refractivity contribution in [2.24, 2.45) is 0 Å². The molecule has 0 aliphatic rings. The van der Waals surface area contributed by atoms with Crippen molar-refractivity contribution in [1.82, 2.24) is 4.72 Å². The first-order valence-electron chi connectivity index (χ1n) is 9.42. The minimum Gasteiger partial charge on any atom is -0.460 e. The summed E-state index contributed by atoms with van der Waals surface area (Å²) in [6.45, 7) is 3.74. The molecule has 2 N–H and O–H groups in total. The lowest BCUT2D eigenvalue weighted by atomic mass is 10.2. The number of hydrogen-bond acceptors (Lipinski definition) is 5. The lowest BCUT2D eigenvalue weighted by Gasteiger charge is -2.05. The van der Waals surface area contributed by atoms with E-state index in [1.54, 1.807) is 36.4 Å². The number of sulfonamides is 1. The van der Waals surface area contributed by atoms with Crippen molar-refractivity contribution >= 4 is 27.7 Å². The lowest BCUT2D eigenvalue weighted by Crippen LogP contribution is -2.22. The van der Waals surface area contributed by atoms with Crippen LogP contribution in [0.1, 0.15) is 22.6 Å². The van der Waals surface area contributed by atoms with Gasteiger partial charge in [0, 0.05) is 11.8 Å². The predicted molar refractivity (Wildman–Crippen MR) is 117 cm³/mol. The molecular formula is C23H21N3O4S. The summed E-state index contributed by atoms with van der Waals surface area (Å²) < 4.78 is 32.8. The molecule has 2 aromatic carbocycles. The topological polar surface area (TPSA) is 112 Å². The molecule has 0 unspecified atom stereocenters. The summed E-state index contributed by atoms with van der Waals surface area (Å²) in [6, 6.07) is 18.7. The summed E-state index contributed by atoms with van der Waals surface area (Å²) in [5.41, 5.74) is 2.44. The maximum absolute atomic E-state index is 12.4. The molecule has 0 fully saturated rings. The van der Waals surface area contributed by atoms with Gasteiger partial charge in [-0.15, -0.1) is 0 Å². The van der Waals surface area contributed by atoms with E-state index >= 15 is 0 Å². The fourth-order valence-electron chi connectivity index (χ4n) is 2.66. The highest BCUT2D eigenvalue weighted by Crippen LogP contribution is 2.16. The summed E-state index contributed by atoms with van der Waals surface area (Å²) in [5.74, 6) is 0.0442. The van der Waals surface area contributed by atoms with Crippen molar-refractivity contribution in [3.63, 3.8) is 0 Å². The second kappa shape index (κ2) is 9.43. The molecule has 3 aromatic rings. The van der Waals surface area contributed by atoms with Crippen LogP contribution in [0.5, 0.6) is 0 Å². The minimum atomic E-state index is -3.69. The van der Waals surface area contributed by atoms with Crippen LogP contribution in [0.2, 0.25) is 0 Å². The van der Waals surface area contributed by atoms with E-state index in [-0.39, 0.29) is 22.8 Å². The minimum absolute atomic E-state index is 0.0680. The number of aryl methyl sites for hydroxylation is 2. The Kier molecular flexibility index (Phi) is 6.70. The molecule has 1 amide bonds. The van der Waals surface area contributed by atoms with Crippen LogP contribution in [-0.4, -0.2) is 14.3 Å². The summed E-state index contributed by atoms with van der Waals surface area (Å²) in [7, 11) is -3.69. The van der Waals surface area contributed by atoms with Gasteiger partial charge in [0.15, 0.2) is 0 Å². The number of nitrogens with zero attached hydrogens (tertiary/aromatic N) is 1. The third-order valence-corrected chi connectivity index (χ3v) is 5.83. The Hall–Kier alpha value is -3.67. The first-order valence-corrected chi connectivity index (χ1v) is 10.9. The van der Waals surface area contributed by atoms with E-state index in [0.29, 0.717) is 11.4 Å². The zero-order chi connectivity index (χ0) is 22.4. The standard InChI is InChI=1S/C23H21N3O4S/c1-16-3-7-19(8-4-16)26-23(27)18(14-24)13-20-9-10-21(30-20)15-25-31(28,29)22-11-5-17(2)6-12-22/h3-13,25H,15H2,1-2H3,(H,26,27). The van der Waals surface area contributed by atoms with Crippen molar-refractivity contribution in [2.45, 2.75) is 25.3 Å². The van der Waals surface area contributed by atoms with E-state index in [1.165, 1.54) is 18.2 Å². The van der Waals surface area contributed by atoms with Gasteiger partial charge in [-0.05, 0) is 50.2 Å². The molecular weight excluding hydrogens is 414 g/mol. The Bertz CT molecular complexity index is 1250. The molecule has 3 rings (SSSR count). The van der Waals surface area contributed by atoms with Gasteiger partial charge in [0.1, 0.15) is 23.2 Å². The van der Waals surface area contributed by atoms with Gasteiger partial charge in [0.2, 0.25) is 10.0 Å². The molecule has 0 saturated carbocycles. The SMILES string of the molecule is Cc1ccc(NC(=O)C(C#N)=Cc2ccc(CNS(=O)(=O)c3ccc(C)cc3)o2)cc1. The van der Waals surface area contributed by atoms with E-state index in [2.05, 4.69) is 10.0 Å². The van der Waals surface area contributed by atoms with E-state index in [1.807, 2.05) is 32.0 Å². The normalized spacial score (nSPS) is 11.7. The van der Waals surface area contributed by atoms with Crippen LogP contribution >= 0.6 is 0 Å². The molecule has 0 saturated heterocycles. The van der Waals surface area contributed by atoms with Crippen LogP contribution in [0.4, 0.5) is 5.69 Å². The number of carbonyl (C=O) groups is 1. The van der Waals surface area contributed by atoms with Crippen molar-refractivity contribution in [1.29, 1.82) is 5.26 Å². The highest BCUT2D eigenvalue weighted by molar-refractivity contribution is 7.89. The maximum Gasteiger partial charge on any atom is 0.266 e. The van der Waals surface area contributed by atoms with Crippen molar-refractivity contribution in [3.05, 3.63) is 88.9 Å². The highest BCUT2D eigenvalue weighted by atomic mass is 32.2. The van der Waals surface area contributed by atoms with E-state index in [0.717, 1.165) is 11.1 Å². The third-order valence-electron chi connectivity index (χ3n) is 4.41. The van der Waals surface area contributed by atoms with Crippen LogP contribution in [-0.2, 0) is 21.4 Å². The molecule has 8 heteroatoms. The molecule has 1 heterocycles. The molecule has 0 aliphatic heterocycles. The Morgan fingerprint density at radius 1 is 1.00 bits per heavy atom. The predicted octanol–water partition coefficient (Wildman–Crippen LogP) is 3.92. The van der Waals surface area contributed by atoms with Gasteiger partial charge in [-0.1, -0.05) is 35.4 Å². The quantitative estimate of drug-likeness (QED) is 0.431. The van der Waals surface area contributed by atoms with Crippen LogP contribution < -0.4 is 10.0 Å².